The Hall–Kier alpha value is -6.15. The number of methoxy groups -OCH3 is 2. The topological polar surface area (TPSA) is 159 Å². The number of rotatable bonds is 16. The number of imidazole rings is 1. The van der Waals surface area contributed by atoms with Crippen molar-refractivity contribution >= 4 is 28.8 Å². The molecule has 3 atom stereocenters. The Morgan fingerprint density at radius 2 is 1.50 bits per heavy atom. The Morgan fingerprint density at radius 1 is 0.862 bits per heavy atom. The van der Waals surface area contributed by atoms with Crippen molar-refractivity contribution in [2.24, 2.45) is 5.92 Å². The summed E-state index contributed by atoms with van der Waals surface area (Å²) in [6, 6.07) is 32.4. The average Bonchev–Trinajstić information content (AvgIpc) is 3.86. The lowest BCUT2D eigenvalue weighted by molar-refractivity contribution is -0.121. The molecule has 2 amide bonds. The first-order chi connectivity index (χ1) is 28.2. The highest BCUT2D eigenvalue weighted by molar-refractivity contribution is 6.06. The third-order valence-corrected chi connectivity index (χ3v) is 10.4. The van der Waals surface area contributed by atoms with Crippen LogP contribution in [0.1, 0.15) is 71.9 Å². The van der Waals surface area contributed by atoms with Crippen molar-refractivity contribution in [3.63, 3.8) is 0 Å². The molecule has 0 radical (unpaired) electrons. The molecule has 6 aromatic rings. The maximum absolute atomic E-state index is 13.3. The van der Waals surface area contributed by atoms with Gasteiger partial charge in [-0.1, -0.05) is 80.6 Å². The van der Waals surface area contributed by atoms with E-state index in [-0.39, 0.29) is 30.7 Å². The van der Waals surface area contributed by atoms with Gasteiger partial charge in [-0.15, -0.1) is 0 Å². The Labute approximate surface area is 337 Å². The number of nitrogens with zero attached hydrogens (tertiary/aromatic N) is 4. The summed E-state index contributed by atoms with van der Waals surface area (Å²) in [6.07, 6.45) is 2.28. The maximum Gasteiger partial charge on any atom is 0.256 e. The van der Waals surface area contributed by atoms with Crippen LogP contribution in [0.4, 0.5) is 5.82 Å². The summed E-state index contributed by atoms with van der Waals surface area (Å²) in [5.74, 6) is 1.75. The number of carbonyl (C=O) groups excluding carboxylic acids is 2. The molecule has 4 aromatic carbocycles. The summed E-state index contributed by atoms with van der Waals surface area (Å²) in [5.41, 5.74) is 3.62. The van der Waals surface area contributed by atoms with E-state index in [9.17, 15) is 14.7 Å². The van der Waals surface area contributed by atoms with Crippen LogP contribution < -0.4 is 20.1 Å². The minimum atomic E-state index is -1.09. The molecule has 3 N–H and O–H groups in total. The number of benzene rings is 4. The lowest BCUT2D eigenvalue weighted by atomic mass is 9.80. The number of anilines is 1. The summed E-state index contributed by atoms with van der Waals surface area (Å²) >= 11 is 0. The summed E-state index contributed by atoms with van der Waals surface area (Å²) in [6.45, 7) is 4.59. The minimum absolute atomic E-state index is 0.00337. The molecule has 3 heterocycles. The molecule has 13 nitrogen and oxygen atoms in total. The van der Waals surface area contributed by atoms with E-state index in [0.717, 1.165) is 28.7 Å². The van der Waals surface area contributed by atoms with E-state index in [1.807, 2.05) is 91.0 Å². The van der Waals surface area contributed by atoms with Crippen molar-refractivity contribution in [2.45, 2.75) is 63.7 Å². The SMILES string of the molecule is COc1ccc(C(OC[C@H]2O[C@@H](n3cnc4c(NC(=O)c5ccc(CNC(=O)CCC(C)C)cc5)ncnc43)C[C@H]2O)(c2ccccc2)c2ccc(OC)cc2)cc1. The fourth-order valence-corrected chi connectivity index (χ4v) is 7.13. The van der Waals surface area contributed by atoms with Crippen LogP contribution in [0.3, 0.4) is 0 Å². The quantitative estimate of drug-likeness (QED) is 0.0891. The molecule has 0 aliphatic carbocycles. The van der Waals surface area contributed by atoms with Gasteiger partial charge in [-0.25, -0.2) is 15.0 Å². The zero-order valence-corrected chi connectivity index (χ0v) is 33.0. The van der Waals surface area contributed by atoms with Crippen LogP contribution in [0.25, 0.3) is 11.2 Å². The first-order valence-corrected chi connectivity index (χ1v) is 19.3. The number of ether oxygens (including phenoxy) is 4. The number of amides is 2. The van der Waals surface area contributed by atoms with Gasteiger partial charge in [0.1, 0.15) is 35.8 Å². The fourth-order valence-electron chi connectivity index (χ4n) is 7.13. The molecule has 0 bridgehead atoms. The predicted molar refractivity (Wildman–Crippen MR) is 218 cm³/mol. The second-order valence-electron chi connectivity index (χ2n) is 14.7. The zero-order valence-electron chi connectivity index (χ0n) is 33.0. The van der Waals surface area contributed by atoms with Crippen LogP contribution in [-0.4, -0.2) is 69.5 Å². The molecule has 1 saturated heterocycles. The van der Waals surface area contributed by atoms with Gasteiger partial charge in [-0.2, -0.15) is 0 Å². The van der Waals surface area contributed by atoms with Gasteiger partial charge in [0.05, 0.1) is 33.3 Å². The van der Waals surface area contributed by atoms with E-state index in [2.05, 4.69) is 39.4 Å². The van der Waals surface area contributed by atoms with Crippen LogP contribution in [0, 0.1) is 5.92 Å². The van der Waals surface area contributed by atoms with E-state index in [0.29, 0.717) is 47.1 Å². The zero-order chi connectivity index (χ0) is 40.6. The summed E-state index contributed by atoms with van der Waals surface area (Å²) < 4.78 is 26.2. The lowest BCUT2D eigenvalue weighted by Gasteiger charge is -2.37. The van der Waals surface area contributed by atoms with Crippen LogP contribution in [0.5, 0.6) is 11.5 Å². The predicted octanol–water partition coefficient (Wildman–Crippen LogP) is 6.81. The van der Waals surface area contributed by atoms with E-state index in [1.54, 1.807) is 37.2 Å². The first kappa shape index (κ1) is 40.1. The molecule has 1 aliphatic heterocycles. The lowest BCUT2D eigenvalue weighted by Crippen LogP contribution is -2.38. The van der Waals surface area contributed by atoms with Crippen molar-refractivity contribution in [2.75, 3.05) is 26.1 Å². The number of aliphatic hydroxyl groups is 1. The molecule has 2 aromatic heterocycles. The number of nitrogens with one attached hydrogen (secondary N) is 2. The Kier molecular flexibility index (Phi) is 12.4. The van der Waals surface area contributed by atoms with Crippen molar-refractivity contribution < 1.29 is 33.6 Å². The molecule has 58 heavy (non-hydrogen) atoms. The number of fused-ring (bicyclic) bond motifs is 1. The van der Waals surface area contributed by atoms with Gasteiger partial charge in [0.15, 0.2) is 17.0 Å². The number of carbonyl (C=O) groups is 2. The monoisotopic (exact) mass is 784 g/mol. The van der Waals surface area contributed by atoms with Crippen molar-refractivity contribution in [3.05, 3.63) is 144 Å². The normalized spacial score (nSPS) is 16.7. The molecular weight excluding hydrogens is 737 g/mol. The molecule has 7 rings (SSSR count). The fraction of sp³-hybridized carbons (Fsp3) is 0.311. The van der Waals surface area contributed by atoms with Gasteiger partial charge < -0.3 is 34.7 Å². The molecule has 13 heteroatoms. The van der Waals surface area contributed by atoms with Crippen molar-refractivity contribution in [1.82, 2.24) is 24.8 Å². The van der Waals surface area contributed by atoms with Gasteiger partial charge in [0.2, 0.25) is 5.91 Å². The standard InChI is InChI=1S/C45H48N6O7/c1-29(2)10-23-39(53)46-25-30-11-13-31(14-12-30)44(54)50-42-41-43(48-27-47-42)51(28-49-41)40-24-37(52)38(58-40)26-57-45(32-8-6-5-7-9-32,33-15-19-35(55-3)20-16-33)34-17-21-36(56-4)22-18-34/h5-9,11-22,27-29,37-38,40,52H,10,23-26H2,1-4H3,(H,46,53)(H,47,48,50,54)/t37-,38-,40-/m1/s1. The van der Waals surface area contributed by atoms with Crippen LogP contribution in [-0.2, 0) is 26.4 Å². The third kappa shape index (κ3) is 8.71. The van der Waals surface area contributed by atoms with E-state index in [1.165, 1.54) is 6.33 Å². The summed E-state index contributed by atoms with van der Waals surface area (Å²) in [7, 11) is 3.25. The average molecular weight is 785 g/mol. The summed E-state index contributed by atoms with van der Waals surface area (Å²) in [5, 5.41) is 17.2. The molecule has 1 fully saturated rings. The van der Waals surface area contributed by atoms with E-state index < -0.39 is 24.0 Å². The van der Waals surface area contributed by atoms with Gasteiger partial charge in [0.25, 0.3) is 5.91 Å². The Balaban J connectivity index is 1.07. The maximum atomic E-state index is 13.3. The Bertz CT molecular complexity index is 2250. The number of aliphatic hydroxyl groups excluding tert-OH is 1. The largest absolute Gasteiger partial charge is 0.497 e. The van der Waals surface area contributed by atoms with Gasteiger partial charge in [-0.3, -0.25) is 14.2 Å². The van der Waals surface area contributed by atoms with Gasteiger partial charge >= 0.3 is 0 Å². The van der Waals surface area contributed by atoms with Gasteiger partial charge in [0, 0.05) is 24.9 Å². The molecule has 300 valence electrons. The first-order valence-electron chi connectivity index (χ1n) is 19.3. The van der Waals surface area contributed by atoms with E-state index in [4.69, 9.17) is 18.9 Å². The number of aromatic nitrogens is 4. The molecular formula is C45H48N6O7. The number of hydrogen-bond acceptors (Lipinski definition) is 10. The third-order valence-electron chi connectivity index (χ3n) is 10.4. The van der Waals surface area contributed by atoms with E-state index >= 15 is 0 Å². The summed E-state index contributed by atoms with van der Waals surface area (Å²) in [4.78, 5) is 38.8. The van der Waals surface area contributed by atoms with Gasteiger partial charge in [-0.05, 0) is 71.0 Å². The number of hydrogen-bond donors (Lipinski definition) is 3. The highest BCUT2D eigenvalue weighted by atomic mass is 16.6. The van der Waals surface area contributed by atoms with Crippen LogP contribution >= 0.6 is 0 Å². The molecule has 0 spiro atoms. The molecule has 0 unspecified atom stereocenters. The minimum Gasteiger partial charge on any atom is -0.497 e. The highest BCUT2D eigenvalue weighted by Crippen LogP contribution is 2.43. The van der Waals surface area contributed by atoms with Crippen LogP contribution in [0.2, 0.25) is 0 Å². The van der Waals surface area contributed by atoms with Crippen molar-refractivity contribution in [3.8, 4) is 11.5 Å². The van der Waals surface area contributed by atoms with Crippen molar-refractivity contribution in [1.29, 1.82) is 0 Å². The second-order valence-corrected chi connectivity index (χ2v) is 14.7. The second kappa shape index (κ2) is 18.0. The van der Waals surface area contributed by atoms with Crippen LogP contribution in [0.15, 0.2) is 116 Å². The molecule has 0 saturated carbocycles. The molecule has 1 aliphatic rings. The Morgan fingerprint density at radius 3 is 2.12 bits per heavy atom. The highest BCUT2D eigenvalue weighted by Gasteiger charge is 2.42. The smallest absolute Gasteiger partial charge is 0.256 e.